The van der Waals surface area contributed by atoms with Crippen molar-refractivity contribution in [1.29, 1.82) is 0 Å². The van der Waals surface area contributed by atoms with Crippen LogP contribution in [0.25, 0.3) is 15.9 Å². The average Bonchev–Trinajstić information content (AvgIpc) is 3.20. The Kier molecular flexibility index (Phi) is 5.92. The molecule has 4 aromatic rings. The molecule has 0 radical (unpaired) electrons. The number of hydrogen-bond acceptors (Lipinski definition) is 5. The van der Waals surface area contributed by atoms with Gasteiger partial charge in [-0.15, -0.1) is 11.3 Å². The van der Waals surface area contributed by atoms with Gasteiger partial charge in [-0.05, 0) is 64.8 Å². The minimum absolute atomic E-state index is 0.246. The molecule has 2 aromatic carbocycles. The first-order chi connectivity index (χ1) is 14.9. The number of amides is 2. The van der Waals surface area contributed by atoms with Crippen molar-refractivity contribution in [3.8, 4) is 0 Å². The average molecular weight is 493 g/mol. The van der Waals surface area contributed by atoms with E-state index in [0.717, 1.165) is 11.1 Å². The van der Waals surface area contributed by atoms with E-state index in [9.17, 15) is 9.59 Å². The molecule has 0 unspecified atom stereocenters. The third-order valence-corrected chi connectivity index (χ3v) is 6.20. The Morgan fingerprint density at radius 3 is 2.52 bits per heavy atom. The van der Waals surface area contributed by atoms with Crippen LogP contribution in [0.1, 0.15) is 32.5 Å². The van der Waals surface area contributed by atoms with Gasteiger partial charge in [0.25, 0.3) is 11.8 Å². The van der Waals surface area contributed by atoms with Gasteiger partial charge in [-0.25, -0.2) is 4.98 Å². The van der Waals surface area contributed by atoms with Crippen LogP contribution in [0.5, 0.6) is 0 Å². The standard InChI is InChI=1S/C23H17BrN4O2S/c1-13(2)14-4-3-5-15(10-14)21(29)27-16-6-7-17(24)18(11-16)28-22(30)20-12-19-23(31-20)26-9-8-25-19/h3-12H,1H2,2H3,(H,27,29)(H,28,30). The minimum Gasteiger partial charge on any atom is -0.322 e. The van der Waals surface area contributed by atoms with Crippen LogP contribution in [0.15, 0.2) is 72.0 Å². The molecular formula is C23H17BrN4O2S. The predicted molar refractivity (Wildman–Crippen MR) is 129 cm³/mol. The number of nitrogens with one attached hydrogen (secondary N) is 2. The number of benzene rings is 2. The van der Waals surface area contributed by atoms with Crippen LogP contribution in [-0.4, -0.2) is 21.8 Å². The molecule has 0 spiro atoms. The van der Waals surface area contributed by atoms with Gasteiger partial charge in [-0.3, -0.25) is 14.6 Å². The lowest BCUT2D eigenvalue weighted by Crippen LogP contribution is -2.14. The summed E-state index contributed by atoms with van der Waals surface area (Å²) in [5, 5.41) is 5.74. The van der Waals surface area contributed by atoms with Gasteiger partial charge in [0.05, 0.1) is 10.6 Å². The van der Waals surface area contributed by atoms with E-state index in [4.69, 9.17) is 0 Å². The van der Waals surface area contributed by atoms with E-state index in [1.807, 2.05) is 19.1 Å². The summed E-state index contributed by atoms with van der Waals surface area (Å²) in [5.74, 6) is -0.521. The topological polar surface area (TPSA) is 84.0 Å². The van der Waals surface area contributed by atoms with Crippen LogP contribution in [0, 0.1) is 0 Å². The van der Waals surface area contributed by atoms with Crippen LogP contribution < -0.4 is 10.6 Å². The molecule has 2 amide bonds. The fourth-order valence-corrected chi connectivity index (χ4v) is 4.09. The van der Waals surface area contributed by atoms with Crippen LogP contribution in [-0.2, 0) is 0 Å². The lowest BCUT2D eigenvalue weighted by atomic mass is 10.1. The van der Waals surface area contributed by atoms with Crippen LogP contribution in [0.4, 0.5) is 11.4 Å². The lowest BCUT2D eigenvalue weighted by molar-refractivity contribution is 0.102. The summed E-state index contributed by atoms with van der Waals surface area (Å²) < 4.78 is 0.695. The van der Waals surface area contributed by atoms with Crippen LogP contribution in [0.2, 0.25) is 0 Å². The number of nitrogens with zero attached hydrogens (tertiary/aromatic N) is 2. The number of allylic oxidation sites excluding steroid dienone is 1. The number of fused-ring (bicyclic) bond motifs is 1. The van der Waals surface area contributed by atoms with Gasteiger partial charge in [0.15, 0.2) is 0 Å². The summed E-state index contributed by atoms with van der Waals surface area (Å²) in [6, 6.07) is 14.2. The molecule has 0 fully saturated rings. The smallest absolute Gasteiger partial charge is 0.265 e. The zero-order valence-electron chi connectivity index (χ0n) is 16.5. The Morgan fingerprint density at radius 2 is 1.74 bits per heavy atom. The number of aromatic nitrogens is 2. The second-order valence-electron chi connectivity index (χ2n) is 6.82. The van der Waals surface area contributed by atoms with Crippen molar-refractivity contribution in [3.05, 3.63) is 88.0 Å². The Balaban J connectivity index is 1.53. The Labute approximate surface area is 191 Å². The number of carbonyl (C=O) groups excluding carboxylic acids is 2. The first kappa shape index (κ1) is 20.9. The zero-order chi connectivity index (χ0) is 22.0. The molecule has 0 bridgehead atoms. The molecule has 0 saturated carbocycles. The van der Waals surface area contributed by atoms with Crippen molar-refractivity contribution < 1.29 is 9.59 Å². The van der Waals surface area contributed by atoms with E-state index in [2.05, 4.69) is 43.1 Å². The Bertz CT molecular complexity index is 1300. The molecule has 0 aliphatic rings. The van der Waals surface area contributed by atoms with Gasteiger partial charge in [0.2, 0.25) is 0 Å². The van der Waals surface area contributed by atoms with E-state index >= 15 is 0 Å². The zero-order valence-corrected chi connectivity index (χ0v) is 18.9. The van der Waals surface area contributed by atoms with E-state index in [1.54, 1.807) is 48.8 Å². The van der Waals surface area contributed by atoms with E-state index in [0.29, 0.717) is 36.6 Å². The maximum atomic E-state index is 12.7. The molecule has 2 aromatic heterocycles. The molecular weight excluding hydrogens is 476 g/mol. The fraction of sp³-hybridized carbons (Fsp3) is 0.0435. The van der Waals surface area contributed by atoms with Crippen molar-refractivity contribution >= 4 is 66.4 Å². The van der Waals surface area contributed by atoms with Crippen molar-refractivity contribution in [2.75, 3.05) is 10.6 Å². The van der Waals surface area contributed by atoms with Crippen molar-refractivity contribution in [2.45, 2.75) is 6.92 Å². The first-order valence-electron chi connectivity index (χ1n) is 9.29. The first-order valence-corrected chi connectivity index (χ1v) is 10.9. The number of rotatable bonds is 5. The number of thiophene rings is 1. The second kappa shape index (κ2) is 8.79. The minimum atomic E-state index is -0.275. The third kappa shape index (κ3) is 4.70. The largest absolute Gasteiger partial charge is 0.322 e. The summed E-state index contributed by atoms with van der Waals surface area (Å²) in [5.41, 5.74) is 4.09. The van der Waals surface area contributed by atoms with Crippen molar-refractivity contribution in [3.63, 3.8) is 0 Å². The summed E-state index contributed by atoms with van der Waals surface area (Å²) >= 11 is 4.71. The van der Waals surface area contributed by atoms with Gasteiger partial charge in [-0.1, -0.05) is 24.3 Å². The summed E-state index contributed by atoms with van der Waals surface area (Å²) in [6.45, 7) is 5.81. The molecule has 8 heteroatoms. The maximum Gasteiger partial charge on any atom is 0.265 e. The SMILES string of the molecule is C=C(C)c1cccc(C(=O)Nc2ccc(Br)c(NC(=O)c3cc4nccnc4s3)c2)c1. The normalized spacial score (nSPS) is 10.6. The molecule has 6 nitrogen and oxygen atoms in total. The summed E-state index contributed by atoms with van der Waals surface area (Å²) in [7, 11) is 0. The van der Waals surface area contributed by atoms with Gasteiger partial charge >= 0.3 is 0 Å². The summed E-state index contributed by atoms with van der Waals surface area (Å²) in [4.78, 5) is 35.0. The molecule has 0 aliphatic carbocycles. The number of anilines is 2. The fourth-order valence-electron chi connectivity index (χ4n) is 2.90. The van der Waals surface area contributed by atoms with E-state index in [1.165, 1.54) is 11.3 Å². The van der Waals surface area contributed by atoms with Crippen LogP contribution in [0.3, 0.4) is 0 Å². The highest BCUT2D eigenvalue weighted by molar-refractivity contribution is 9.10. The summed E-state index contributed by atoms with van der Waals surface area (Å²) in [6.07, 6.45) is 3.18. The molecule has 31 heavy (non-hydrogen) atoms. The Morgan fingerprint density at radius 1 is 0.968 bits per heavy atom. The van der Waals surface area contributed by atoms with Crippen LogP contribution >= 0.6 is 27.3 Å². The van der Waals surface area contributed by atoms with E-state index in [-0.39, 0.29) is 11.8 Å². The van der Waals surface area contributed by atoms with Crippen molar-refractivity contribution in [2.24, 2.45) is 0 Å². The van der Waals surface area contributed by atoms with E-state index < -0.39 is 0 Å². The van der Waals surface area contributed by atoms with Crippen molar-refractivity contribution in [1.82, 2.24) is 9.97 Å². The second-order valence-corrected chi connectivity index (χ2v) is 8.71. The Hall–Kier alpha value is -3.36. The van der Waals surface area contributed by atoms with Gasteiger partial charge in [0, 0.05) is 28.1 Å². The molecule has 2 N–H and O–H groups in total. The molecule has 0 aliphatic heterocycles. The highest BCUT2D eigenvalue weighted by Gasteiger charge is 2.14. The number of hydrogen-bond donors (Lipinski definition) is 2. The molecule has 4 rings (SSSR count). The highest BCUT2D eigenvalue weighted by atomic mass is 79.9. The lowest BCUT2D eigenvalue weighted by Gasteiger charge is -2.11. The van der Waals surface area contributed by atoms with Gasteiger partial charge in [-0.2, -0.15) is 0 Å². The molecule has 0 saturated heterocycles. The monoisotopic (exact) mass is 492 g/mol. The third-order valence-electron chi connectivity index (χ3n) is 4.48. The highest BCUT2D eigenvalue weighted by Crippen LogP contribution is 2.29. The van der Waals surface area contributed by atoms with Gasteiger partial charge < -0.3 is 10.6 Å². The molecule has 2 heterocycles. The number of halogens is 1. The van der Waals surface area contributed by atoms with Gasteiger partial charge in [0.1, 0.15) is 10.3 Å². The maximum absolute atomic E-state index is 12.7. The predicted octanol–water partition coefficient (Wildman–Crippen LogP) is 5.99. The number of carbonyl (C=O) groups is 2. The quantitative estimate of drug-likeness (QED) is 0.358. The molecule has 154 valence electrons. The molecule has 0 atom stereocenters.